The summed E-state index contributed by atoms with van der Waals surface area (Å²) < 4.78 is 5.94. The normalized spacial score (nSPS) is 11.7. The van der Waals surface area contributed by atoms with Crippen molar-refractivity contribution in [2.75, 3.05) is 5.32 Å². The monoisotopic (exact) mass is 395 g/mol. The van der Waals surface area contributed by atoms with E-state index in [9.17, 15) is 4.79 Å². The molecule has 4 aromatic rings. The minimum atomic E-state index is -0.335. The number of para-hydroxylation sites is 1. The van der Waals surface area contributed by atoms with Crippen LogP contribution in [0.15, 0.2) is 69.5 Å². The molecule has 0 bridgehead atoms. The SMILES string of the molecule is Cc1ccc(Cl)cc1N=c1oc2ccccc2cc1C(=O)Nc1nccs1. The van der Waals surface area contributed by atoms with Gasteiger partial charge >= 0.3 is 0 Å². The maximum atomic E-state index is 12.8. The van der Waals surface area contributed by atoms with Gasteiger partial charge in [0, 0.05) is 22.0 Å². The maximum Gasteiger partial charge on any atom is 0.262 e. The predicted octanol–water partition coefficient (Wildman–Crippen LogP) is 5.34. The van der Waals surface area contributed by atoms with E-state index in [0.29, 0.717) is 27.0 Å². The second-order valence-corrected chi connectivity index (χ2v) is 7.17. The summed E-state index contributed by atoms with van der Waals surface area (Å²) in [5.41, 5.74) is 2.75. The molecule has 4 rings (SSSR count). The molecule has 5 nitrogen and oxygen atoms in total. The molecular formula is C20H14ClN3O2S. The molecule has 2 aromatic carbocycles. The molecule has 0 aliphatic carbocycles. The second kappa shape index (κ2) is 7.34. The fourth-order valence-corrected chi connectivity index (χ4v) is 3.27. The fourth-order valence-electron chi connectivity index (χ4n) is 2.58. The Morgan fingerprint density at radius 1 is 1.22 bits per heavy atom. The van der Waals surface area contributed by atoms with Crippen LogP contribution < -0.4 is 10.9 Å². The summed E-state index contributed by atoms with van der Waals surface area (Å²) >= 11 is 7.44. The Kier molecular flexibility index (Phi) is 4.75. The van der Waals surface area contributed by atoms with E-state index in [0.717, 1.165) is 10.9 Å². The zero-order valence-electron chi connectivity index (χ0n) is 14.3. The van der Waals surface area contributed by atoms with Gasteiger partial charge in [-0.25, -0.2) is 9.98 Å². The summed E-state index contributed by atoms with van der Waals surface area (Å²) in [6, 6.07) is 14.6. The fraction of sp³-hybridized carbons (Fsp3) is 0.0500. The van der Waals surface area contributed by atoms with Gasteiger partial charge in [-0.1, -0.05) is 35.9 Å². The van der Waals surface area contributed by atoms with Gasteiger partial charge in [-0.3, -0.25) is 10.1 Å². The van der Waals surface area contributed by atoms with Crippen molar-refractivity contribution >= 4 is 50.6 Å². The van der Waals surface area contributed by atoms with E-state index in [1.807, 2.05) is 37.3 Å². The molecule has 0 aliphatic rings. The Morgan fingerprint density at radius 3 is 2.89 bits per heavy atom. The molecule has 1 N–H and O–H groups in total. The van der Waals surface area contributed by atoms with Crippen molar-refractivity contribution < 1.29 is 9.21 Å². The topological polar surface area (TPSA) is 67.5 Å². The van der Waals surface area contributed by atoms with E-state index in [2.05, 4.69) is 15.3 Å². The number of hydrogen-bond acceptors (Lipinski definition) is 5. The number of halogens is 1. The minimum Gasteiger partial charge on any atom is -0.438 e. The van der Waals surface area contributed by atoms with Crippen LogP contribution in [-0.2, 0) is 0 Å². The third-order valence-electron chi connectivity index (χ3n) is 3.95. The quantitative estimate of drug-likeness (QED) is 0.509. The van der Waals surface area contributed by atoms with Gasteiger partial charge in [0.25, 0.3) is 5.91 Å². The first kappa shape index (κ1) is 17.5. The van der Waals surface area contributed by atoms with Crippen LogP contribution in [0.25, 0.3) is 11.0 Å². The van der Waals surface area contributed by atoms with Crippen LogP contribution in [0.5, 0.6) is 0 Å². The highest BCUT2D eigenvalue weighted by Crippen LogP contribution is 2.23. The summed E-state index contributed by atoms with van der Waals surface area (Å²) in [4.78, 5) is 21.5. The van der Waals surface area contributed by atoms with Crippen molar-refractivity contribution in [1.82, 2.24) is 4.98 Å². The number of hydrogen-bond donors (Lipinski definition) is 1. The molecule has 0 aliphatic heterocycles. The van der Waals surface area contributed by atoms with Crippen molar-refractivity contribution in [3.63, 3.8) is 0 Å². The van der Waals surface area contributed by atoms with E-state index < -0.39 is 0 Å². The number of aryl methyl sites for hydroxylation is 1. The zero-order chi connectivity index (χ0) is 18.8. The molecule has 0 spiro atoms. The van der Waals surface area contributed by atoms with Crippen LogP contribution in [0.3, 0.4) is 0 Å². The Hall–Kier alpha value is -2.96. The van der Waals surface area contributed by atoms with Crippen LogP contribution in [0.1, 0.15) is 15.9 Å². The number of nitrogens with zero attached hydrogens (tertiary/aromatic N) is 2. The number of carbonyl (C=O) groups excluding carboxylic acids is 1. The number of rotatable bonds is 3. The van der Waals surface area contributed by atoms with Crippen molar-refractivity contribution in [2.45, 2.75) is 6.92 Å². The van der Waals surface area contributed by atoms with Crippen molar-refractivity contribution in [2.24, 2.45) is 4.99 Å². The van der Waals surface area contributed by atoms with Crippen molar-refractivity contribution in [1.29, 1.82) is 0 Å². The molecule has 0 saturated heterocycles. The summed E-state index contributed by atoms with van der Waals surface area (Å²) in [5, 5.41) is 6.45. The second-order valence-electron chi connectivity index (χ2n) is 5.84. The summed E-state index contributed by atoms with van der Waals surface area (Å²) in [6.45, 7) is 1.92. The molecule has 0 unspecified atom stereocenters. The average molecular weight is 396 g/mol. The lowest BCUT2D eigenvalue weighted by Crippen LogP contribution is -2.21. The van der Waals surface area contributed by atoms with Crippen molar-refractivity contribution in [3.05, 3.63) is 81.8 Å². The number of aromatic nitrogens is 1. The smallest absolute Gasteiger partial charge is 0.262 e. The maximum absolute atomic E-state index is 12.8. The number of anilines is 1. The first-order valence-electron chi connectivity index (χ1n) is 8.15. The van der Waals surface area contributed by atoms with Gasteiger partial charge in [0.15, 0.2) is 5.13 Å². The molecule has 1 amide bonds. The number of nitrogens with one attached hydrogen (secondary N) is 1. The lowest BCUT2D eigenvalue weighted by molar-refractivity contribution is 0.102. The van der Waals surface area contributed by atoms with Crippen molar-refractivity contribution in [3.8, 4) is 0 Å². The zero-order valence-corrected chi connectivity index (χ0v) is 15.8. The van der Waals surface area contributed by atoms with Crippen LogP contribution >= 0.6 is 22.9 Å². The summed E-state index contributed by atoms with van der Waals surface area (Å²) in [5.74, 6) is -0.335. The van der Waals surface area contributed by atoms with Gasteiger partial charge in [-0.15, -0.1) is 11.3 Å². The van der Waals surface area contributed by atoms with Gasteiger partial charge in [0.1, 0.15) is 11.1 Å². The van der Waals surface area contributed by atoms with Gasteiger partial charge in [-0.05, 0) is 36.8 Å². The standard InChI is InChI=1S/C20H14ClN3O2S/c1-12-6-7-14(21)11-16(12)23-19-15(18(25)24-20-22-8-9-27-20)10-13-4-2-3-5-17(13)26-19/h2-11H,1H3,(H,22,24,25). The number of carbonyl (C=O) groups is 1. The Labute approximate surface area is 164 Å². The molecule has 0 saturated carbocycles. The van der Waals surface area contributed by atoms with E-state index in [-0.39, 0.29) is 11.5 Å². The molecule has 2 heterocycles. The molecule has 2 aromatic heterocycles. The Bertz CT molecular complexity index is 1200. The highest BCUT2D eigenvalue weighted by Gasteiger charge is 2.14. The van der Waals surface area contributed by atoms with Gasteiger partial charge in [-0.2, -0.15) is 0 Å². The number of fused-ring (bicyclic) bond motifs is 1. The third-order valence-corrected chi connectivity index (χ3v) is 4.87. The number of benzene rings is 2. The van der Waals surface area contributed by atoms with Gasteiger partial charge in [0.2, 0.25) is 5.55 Å². The van der Waals surface area contributed by atoms with Gasteiger partial charge in [0.05, 0.1) is 5.69 Å². The van der Waals surface area contributed by atoms with Crippen LogP contribution in [-0.4, -0.2) is 10.9 Å². The lowest BCUT2D eigenvalue weighted by Gasteiger charge is -2.06. The Morgan fingerprint density at radius 2 is 2.07 bits per heavy atom. The molecular weight excluding hydrogens is 382 g/mol. The molecule has 0 radical (unpaired) electrons. The van der Waals surface area contributed by atoms with E-state index in [4.69, 9.17) is 16.0 Å². The minimum absolute atomic E-state index is 0.216. The summed E-state index contributed by atoms with van der Waals surface area (Å²) in [6.07, 6.45) is 1.63. The van der Waals surface area contributed by atoms with E-state index >= 15 is 0 Å². The molecule has 134 valence electrons. The van der Waals surface area contributed by atoms with Crippen LogP contribution in [0.2, 0.25) is 5.02 Å². The number of thiazole rings is 1. The highest BCUT2D eigenvalue weighted by atomic mass is 35.5. The lowest BCUT2D eigenvalue weighted by atomic mass is 10.1. The first-order chi connectivity index (χ1) is 13.1. The van der Waals surface area contributed by atoms with E-state index in [1.165, 1.54) is 11.3 Å². The molecule has 27 heavy (non-hydrogen) atoms. The molecule has 0 atom stereocenters. The van der Waals surface area contributed by atoms with Crippen LogP contribution in [0.4, 0.5) is 10.8 Å². The first-order valence-corrected chi connectivity index (χ1v) is 9.40. The predicted molar refractivity (Wildman–Crippen MR) is 108 cm³/mol. The molecule has 7 heteroatoms. The largest absolute Gasteiger partial charge is 0.438 e. The van der Waals surface area contributed by atoms with Crippen LogP contribution in [0, 0.1) is 6.92 Å². The highest BCUT2D eigenvalue weighted by molar-refractivity contribution is 7.13. The molecule has 0 fully saturated rings. The average Bonchev–Trinajstić information content (AvgIpc) is 3.17. The third kappa shape index (κ3) is 3.77. The number of amides is 1. The van der Waals surface area contributed by atoms with Gasteiger partial charge < -0.3 is 4.42 Å². The Balaban J connectivity index is 1.90. The summed E-state index contributed by atoms with van der Waals surface area (Å²) in [7, 11) is 0. The van der Waals surface area contributed by atoms with E-state index in [1.54, 1.807) is 29.8 Å².